The van der Waals surface area contributed by atoms with Crippen molar-refractivity contribution in [3.8, 4) is 0 Å². The van der Waals surface area contributed by atoms with Crippen LogP contribution in [0.3, 0.4) is 0 Å². The van der Waals surface area contributed by atoms with Crippen LogP contribution in [0.2, 0.25) is 10.0 Å². The minimum atomic E-state index is -4.32. The van der Waals surface area contributed by atoms with Crippen molar-refractivity contribution in [2.24, 2.45) is 0 Å². The average Bonchev–Trinajstić information content (AvgIpc) is 2.80. The number of anilines is 3. The van der Waals surface area contributed by atoms with Gasteiger partial charge in [0.2, 0.25) is 0 Å². The molecular weight excluding hydrogens is 510 g/mol. The Bertz CT molecular complexity index is 1180. The van der Waals surface area contributed by atoms with E-state index in [0.717, 1.165) is 16.7 Å². The largest absolute Gasteiger partial charge is 0.398 e. The van der Waals surface area contributed by atoms with Crippen LogP contribution in [0.4, 0.5) is 35.0 Å². The molecule has 1 atom stereocenters. The lowest BCUT2D eigenvalue weighted by atomic mass is 10.0. The van der Waals surface area contributed by atoms with Crippen molar-refractivity contribution >= 4 is 46.3 Å². The number of urea groups is 1. The standard InChI is InChI=1S/C27H28Cl2F3N3O/c1-4-21-23(29)14-24(33)22(5-2)25(21)34-26(36)35(16(3)18-8-10-19(28)11-9-18)20-12-6-17(7-13-20)15-27(30,31)32/h6-14,16H,4-5,15,33H2,1-3H3,(H,34,36). The average molecular weight is 538 g/mol. The molecule has 0 saturated carbocycles. The SMILES string of the molecule is CCc1c(N)cc(Cl)c(CC)c1NC(=O)N(c1ccc(CC(F)(F)F)cc1)C(C)c1ccc(Cl)cc1. The predicted octanol–water partition coefficient (Wildman–Crippen LogP) is 8.60. The molecule has 0 spiro atoms. The van der Waals surface area contributed by atoms with Crippen LogP contribution in [-0.4, -0.2) is 12.2 Å². The van der Waals surface area contributed by atoms with Crippen molar-refractivity contribution < 1.29 is 18.0 Å². The van der Waals surface area contributed by atoms with Gasteiger partial charge in [0, 0.05) is 21.4 Å². The van der Waals surface area contributed by atoms with Crippen LogP contribution >= 0.6 is 23.2 Å². The van der Waals surface area contributed by atoms with Crippen molar-refractivity contribution in [2.45, 2.75) is 52.3 Å². The second kappa shape index (κ2) is 11.4. The van der Waals surface area contributed by atoms with Crippen molar-refractivity contribution in [2.75, 3.05) is 16.0 Å². The fourth-order valence-corrected chi connectivity index (χ4v) is 4.69. The van der Waals surface area contributed by atoms with Gasteiger partial charge in [0.25, 0.3) is 0 Å². The van der Waals surface area contributed by atoms with Crippen molar-refractivity contribution in [3.63, 3.8) is 0 Å². The molecule has 0 aromatic heterocycles. The molecule has 3 rings (SSSR count). The number of nitrogens with one attached hydrogen (secondary N) is 1. The van der Waals surface area contributed by atoms with Crippen LogP contribution in [0.15, 0.2) is 54.6 Å². The van der Waals surface area contributed by atoms with Gasteiger partial charge >= 0.3 is 12.2 Å². The van der Waals surface area contributed by atoms with Crippen LogP contribution in [-0.2, 0) is 19.3 Å². The molecule has 0 radical (unpaired) electrons. The highest BCUT2D eigenvalue weighted by atomic mass is 35.5. The van der Waals surface area contributed by atoms with E-state index in [0.29, 0.717) is 39.9 Å². The zero-order chi connectivity index (χ0) is 26.6. The van der Waals surface area contributed by atoms with Gasteiger partial charge in [-0.3, -0.25) is 4.90 Å². The number of carbonyl (C=O) groups is 1. The predicted molar refractivity (Wildman–Crippen MR) is 142 cm³/mol. The summed E-state index contributed by atoms with van der Waals surface area (Å²) in [5, 5.41) is 4.00. The van der Waals surface area contributed by atoms with Gasteiger partial charge in [0.15, 0.2) is 0 Å². The summed E-state index contributed by atoms with van der Waals surface area (Å²) < 4.78 is 38.6. The Balaban J connectivity index is 2.06. The molecule has 0 saturated heterocycles. The molecule has 0 aliphatic carbocycles. The Morgan fingerprint density at radius 2 is 1.58 bits per heavy atom. The van der Waals surface area contributed by atoms with Gasteiger partial charge in [-0.25, -0.2) is 4.79 Å². The number of nitrogens with zero attached hydrogens (tertiary/aromatic N) is 1. The smallest absolute Gasteiger partial charge is 0.393 e. The monoisotopic (exact) mass is 537 g/mol. The fraction of sp³-hybridized carbons (Fsp3) is 0.296. The summed E-state index contributed by atoms with van der Waals surface area (Å²) in [7, 11) is 0. The summed E-state index contributed by atoms with van der Waals surface area (Å²) in [6, 6.07) is 13.6. The molecule has 3 N–H and O–H groups in total. The van der Waals surface area contributed by atoms with E-state index in [4.69, 9.17) is 28.9 Å². The Kier molecular flexibility index (Phi) is 8.80. The van der Waals surface area contributed by atoms with Gasteiger partial charge in [-0.05, 0) is 72.4 Å². The molecule has 0 heterocycles. The topological polar surface area (TPSA) is 58.4 Å². The maximum absolute atomic E-state index is 13.8. The number of alkyl halides is 3. The van der Waals surface area contributed by atoms with E-state index >= 15 is 0 Å². The second-order valence-corrected chi connectivity index (χ2v) is 9.32. The van der Waals surface area contributed by atoms with Crippen LogP contribution in [0, 0.1) is 0 Å². The molecule has 2 amide bonds. The van der Waals surface area contributed by atoms with Gasteiger partial charge in [0.05, 0.1) is 18.2 Å². The van der Waals surface area contributed by atoms with E-state index in [9.17, 15) is 18.0 Å². The lowest BCUT2D eigenvalue weighted by molar-refractivity contribution is -0.127. The summed E-state index contributed by atoms with van der Waals surface area (Å²) in [5.41, 5.74) is 10.1. The molecular formula is C27H28Cl2F3N3O. The number of hydrogen-bond donors (Lipinski definition) is 2. The highest BCUT2D eigenvalue weighted by molar-refractivity contribution is 6.32. The minimum Gasteiger partial charge on any atom is -0.398 e. The summed E-state index contributed by atoms with van der Waals surface area (Å²) in [6.07, 6.45) is -4.23. The quantitative estimate of drug-likeness (QED) is 0.296. The second-order valence-electron chi connectivity index (χ2n) is 8.47. The molecule has 0 bridgehead atoms. The molecule has 3 aromatic rings. The van der Waals surface area contributed by atoms with Crippen LogP contribution < -0.4 is 16.0 Å². The Morgan fingerprint density at radius 3 is 2.11 bits per heavy atom. The number of rotatable bonds is 7. The molecule has 192 valence electrons. The number of benzene rings is 3. The number of amides is 2. The Labute approximate surface area is 219 Å². The lowest BCUT2D eigenvalue weighted by Gasteiger charge is -2.31. The highest BCUT2D eigenvalue weighted by Gasteiger charge is 2.29. The molecule has 4 nitrogen and oxygen atoms in total. The zero-order valence-corrected chi connectivity index (χ0v) is 21.7. The first-order chi connectivity index (χ1) is 16.9. The third-order valence-corrected chi connectivity index (χ3v) is 6.63. The molecule has 0 fully saturated rings. The zero-order valence-electron chi connectivity index (χ0n) is 20.2. The van der Waals surface area contributed by atoms with Gasteiger partial charge in [-0.2, -0.15) is 13.2 Å². The minimum absolute atomic E-state index is 0.106. The maximum Gasteiger partial charge on any atom is 0.393 e. The fourth-order valence-electron chi connectivity index (χ4n) is 4.21. The molecule has 3 aromatic carbocycles. The summed E-state index contributed by atoms with van der Waals surface area (Å²) in [4.78, 5) is 15.3. The number of nitrogens with two attached hydrogens (primary N) is 1. The number of hydrogen-bond acceptors (Lipinski definition) is 2. The van der Waals surface area contributed by atoms with Crippen molar-refractivity contribution in [1.82, 2.24) is 0 Å². The van der Waals surface area contributed by atoms with Crippen molar-refractivity contribution in [1.29, 1.82) is 0 Å². The summed E-state index contributed by atoms with van der Waals surface area (Å²) in [6.45, 7) is 5.70. The van der Waals surface area contributed by atoms with Crippen LogP contribution in [0.1, 0.15) is 49.1 Å². The number of nitrogen functional groups attached to an aromatic ring is 1. The van der Waals surface area contributed by atoms with E-state index in [2.05, 4.69) is 5.32 Å². The molecule has 1 unspecified atom stereocenters. The molecule has 0 aliphatic rings. The first-order valence-corrected chi connectivity index (χ1v) is 12.3. The van der Waals surface area contributed by atoms with E-state index in [1.807, 2.05) is 20.8 Å². The summed E-state index contributed by atoms with van der Waals surface area (Å²) >= 11 is 12.5. The highest BCUT2D eigenvalue weighted by Crippen LogP contribution is 2.36. The number of halogens is 5. The normalized spacial score (nSPS) is 12.3. The van der Waals surface area contributed by atoms with E-state index in [1.54, 1.807) is 30.3 Å². The molecule has 9 heteroatoms. The molecule has 0 aliphatic heterocycles. The third kappa shape index (κ3) is 6.45. The first kappa shape index (κ1) is 27.7. The van der Waals surface area contributed by atoms with Gasteiger partial charge in [-0.1, -0.05) is 61.3 Å². The maximum atomic E-state index is 13.8. The van der Waals surface area contributed by atoms with Gasteiger partial charge in [-0.15, -0.1) is 0 Å². The van der Waals surface area contributed by atoms with Crippen molar-refractivity contribution in [3.05, 3.63) is 86.9 Å². The van der Waals surface area contributed by atoms with Gasteiger partial charge in [0.1, 0.15) is 0 Å². The van der Waals surface area contributed by atoms with E-state index in [-0.39, 0.29) is 5.56 Å². The molecule has 36 heavy (non-hydrogen) atoms. The van der Waals surface area contributed by atoms with Crippen LogP contribution in [0.25, 0.3) is 0 Å². The Hall–Kier alpha value is -2.90. The first-order valence-electron chi connectivity index (χ1n) is 11.6. The van der Waals surface area contributed by atoms with E-state index in [1.165, 1.54) is 29.2 Å². The Morgan fingerprint density at radius 1 is 1.00 bits per heavy atom. The van der Waals surface area contributed by atoms with Gasteiger partial charge < -0.3 is 11.1 Å². The third-order valence-electron chi connectivity index (χ3n) is 6.04. The lowest BCUT2D eigenvalue weighted by Crippen LogP contribution is -2.37. The summed E-state index contributed by atoms with van der Waals surface area (Å²) in [5.74, 6) is 0. The number of carbonyl (C=O) groups excluding carboxylic acids is 1. The van der Waals surface area contributed by atoms with Crippen LogP contribution in [0.5, 0.6) is 0 Å². The van der Waals surface area contributed by atoms with E-state index < -0.39 is 24.7 Å².